The van der Waals surface area contributed by atoms with Gasteiger partial charge in [-0.15, -0.1) is 16.4 Å². The van der Waals surface area contributed by atoms with E-state index in [9.17, 15) is 13.2 Å². The van der Waals surface area contributed by atoms with Crippen molar-refractivity contribution in [3.63, 3.8) is 0 Å². The van der Waals surface area contributed by atoms with Crippen LogP contribution in [0.5, 0.6) is 0 Å². The molecule has 0 unspecified atom stereocenters. The summed E-state index contributed by atoms with van der Waals surface area (Å²) in [5, 5.41) is 8.84. The van der Waals surface area contributed by atoms with Gasteiger partial charge in [-0.3, -0.25) is 9.52 Å². The van der Waals surface area contributed by atoms with Gasteiger partial charge in [-0.2, -0.15) is 9.67 Å². The molecule has 0 fully saturated rings. The van der Waals surface area contributed by atoms with E-state index >= 15 is 0 Å². The summed E-state index contributed by atoms with van der Waals surface area (Å²) in [7, 11) is -3.34. The number of nitrogens with zero attached hydrogens (tertiary/aromatic N) is 3. The fourth-order valence-corrected chi connectivity index (χ4v) is 3.59. The van der Waals surface area contributed by atoms with Gasteiger partial charge < -0.3 is 11.1 Å². The fraction of sp³-hybridized carbons (Fsp3) is 0.133. The van der Waals surface area contributed by atoms with E-state index < -0.39 is 10.0 Å². The first kappa shape index (κ1) is 17.9. The monoisotopic (exact) mass is 392 g/mol. The summed E-state index contributed by atoms with van der Waals surface area (Å²) in [6.45, 7) is 1.84. The van der Waals surface area contributed by atoms with Gasteiger partial charge in [0.15, 0.2) is 0 Å². The molecule has 0 bridgehead atoms. The molecule has 0 amide bonds. The molecule has 4 N–H and O–H groups in total. The highest BCUT2D eigenvalue weighted by atomic mass is 32.2. The van der Waals surface area contributed by atoms with Crippen LogP contribution in [-0.4, -0.2) is 35.3 Å². The van der Waals surface area contributed by atoms with E-state index in [-0.39, 0.29) is 17.8 Å². The van der Waals surface area contributed by atoms with Crippen molar-refractivity contribution in [3.8, 4) is 0 Å². The van der Waals surface area contributed by atoms with E-state index in [0.717, 1.165) is 16.5 Å². The summed E-state index contributed by atoms with van der Waals surface area (Å²) in [6.07, 6.45) is 1.07. The molecule has 0 aliphatic carbocycles. The van der Waals surface area contributed by atoms with Gasteiger partial charge >= 0.3 is 0 Å². The molecule has 0 atom stereocenters. The normalized spacial score (nSPS) is 11.3. The Morgan fingerprint density at radius 1 is 1.19 bits per heavy atom. The number of hydrogen-bond donors (Lipinski definition) is 3. The Hall–Kier alpha value is -2.92. The lowest BCUT2D eigenvalue weighted by Gasteiger charge is -2.05. The van der Waals surface area contributed by atoms with Gasteiger partial charge in [-0.05, 0) is 48.2 Å². The molecule has 2 heterocycles. The molecule has 0 aliphatic rings. The van der Waals surface area contributed by atoms with Crippen molar-refractivity contribution >= 4 is 50.5 Å². The Labute approximate surface area is 153 Å². The highest BCUT2D eigenvalue weighted by Gasteiger charge is 2.18. The third kappa shape index (κ3) is 4.00. The van der Waals surface area contributed by atoms with Crippen molar-refractivity contribution in [2.24, 2.45) is 0 Å². The van der Waals surface area contributed by atoms with Gasteiger partial charge in [0.2, 0.25) is 21.9 Å². The maximum atomic E-state index is 12.5. The number of nitrogens with two attached hydrogens (primary N) is 1. The highest BCUT2D eigenvalue weighted by molar-refractivity contribution is 7.92. The van der Waals surface area contributed by atoms with Crippen molar-refractivity contribution in [2.75, 3.05) is 22.0 Å². The minimum atomic E-state index is -3.34. The highest BCUT2D eigenvalue weighted by Crippen LogP contribution is 2.21. The molecule has 3 aromatic rings. The zero-order chi connectivity index (χ0) is 18.9. The third-order valence-electron chi connectivity index (χ3n) is 3.33. The zero-order valence-corrected chi connectivity index (χ0v) is 15.6. The number of sulfonamides is 1. The lowest BCUT2D eigenvalue weighted by molar-refractivity contribution is 0.0951. The maximum Gasteiger partial charge on any atom is 0.291 e. The van der Waals surface area contributed by atoms with E-state index in [0.29, 0.717) is 16.3 Å². The minimum Gasteiger partial charge on any atom is -0.368 e. The zero-order valence-electron chi connectivity index (χ0n) is 13.9. The van der Waals surface area contributed by atoms with Crippen molar-refractivity contribution in [1.82, 2.24) is 14.8 Å². The Balaban J connectivity index is 1.77. The molecule has 0 saturated heterocycles. The van der Waals surface area contributed by atoms with E-state index in [1.165, 1.54) is 11.3 Å². The van der Waals surface area contributed by atoms with Crippen LogP contribution in [0.25, 0.3) is 0 Å². The smallest absolute Gasteiger partial charge is 0.291 e. The molecule has 11 heteroatoms. The average molecular weight is 392 g/mol. The Morgan fingerprint density at radius 2 is 1.85 bits per heavy atom. The maximum absolute atomic E-state index is 12.5. The number of aryl methyl sites for hydroxylation is 1. The van der Waals surface area contributed by atoms with Gasteiger partial charge in [0, 0.05) is 11.4 Å². The second kappa shape index (κ2) is 6.77. The molecular weight excluding hydrogens is 376 g/mol. The van der Waals surface area contributed by atoms with Crippen LogP contribution in [0.3, 0.4) is 0 Å². The first-order chi connectivity index (χ1) is 12.2. The van der Waals surface area contributed by atoms with Gasteiger partial charge in [0.05, 0.1) is 11.1 Å². The summed E-state index contributed by atoms with van der Waals surface area (Å²) >= 11 is 1.31. The number of benzene rings is 1. The summed E-state index contributed by atoms with van der Waals surface area (Å²) in [4.78, 5) is 17.1. The van der Waals surface area contributed by atoms with Crippen LogP contribution < -0.4 is 15.8 Å². The molecule has 3 rings (SSSR count). The SMILES string of the molecule is Cc1ccsc1C(=O)n1nc(Nc2ccc(NS(C)(=O)=O)cc2)nc1N. The number of anilines is 4. The summed E-state index contributed by atoms with van der Waals surface area (Å²) in [6, 6.07) is 8.31. The van der Waals surface area contributed by atoms with Gasteiger partial charge in [0.1, 0.15) is 0 Å². The molecule has 26 heavy (non-hydrogen) atoms. The summed E-state index contributed by atoms with van der Waals surface area (Å²) < 4.78 is 25.8. The molecule has 0 saturated carbocycles. The predicted molar refractivity (Wildman–Crippen MR) is 101 cm³/mol. The van der Waals surface area contributed by atoms with Crippen molar-refractivity contribution in [3.05, 3.63) is 46.2 Å². The van der Waals surface area contributed by atoms with Crippen molar-refractivity contribution in [2.45, 2.75) is 6.92 Å². The Bertz CT molecular complexity index is 1050. The van der Waals surface area contributed by atoms with Crippen LogP contribution in [0.2, 0.25) is 0 Å². The third-order valence-corrected chi connectivity index (χ3v) is 4.94. The number of nitrogens with one attached hydrogen (secondary N) is 2. The summed E-state index contributed by atoms with van der Waals surface area (Å²) in [5.74, 6) is -0.210. The molecule has 9 nitrogen and oxygen atoms in total. The topological polar surface area (TPSA) is 132 Å². The van der Waals surface area contributed by atoms with Crippen LogP contribution >= 0.6 is 11.3 Å². The molecule has 0 radical (unpaired) electrons. The first-order valence-electron chi connectivity index (χ1n) is 7.39. The van der Waals surface area contributed by atoms with Crippen LogP contribution in [0.4, 0.5) is 23.3 Å². The predicted octanol–water partition coefficient (Wildman–Crippen LogP) is 2.03. The molecule has 1 aromatic carbocycles. The number of carbonyl (C=O) groups is 1. The Kier molecular flexibility index (Phi) is 4.66. The number of aromatic nitrogens is 3. The van der Waals surface area contributed by atoms with Crippen molar-refractivity contribution < 1.29 is 13.2 Å². The number of carbonyl (C=O) groups excluding carboxylic acids is 1. The molecule has 136 valence electrons. The van der Waals surface area contributed by atoms with E-state index in [4.69, 9.17) is 5.73 Å². The van der Waals surface area contributed by atoms with Crippen LogP contribution in [0, 0.1) is 6.92 Å². The van der Waals surface area contributed by atoms with Gasteiger partial charge in [-0.25, -0.2) is 8.42 Å². The van der Waals surface area contributed by atoms with Crippen LogP contribution in [0.1, 0.15) is 15.2 Å². The lowest BCUT2D eigenvalue weighted by atomic mass is 10.3. The fourth-order valence-electron chi connectivity index (χ4n) is 2.18. The number of thiophene rings is 1. The van der Waals surface area contributed by atoms with Crippen LogP contribution in [0.15, 0.2) is 35.7 Å². The number of rotatable bonds is 5. The molecule has 2 aromatic heterocycles. The van der Waals surface area contributed by atoms with Crippen LogP contribution in [-0.2, 0) is 10.0 Å². The quantitative estimate of drug-likeness (QED) is 0.605. The summed E-state index contributed by atoms with van der Waals surface area (Å²) in [5.41, 5.74) is 7.69. The molecule has 0 spiro atoms. The minimum absolute atomic E-state index is 0.0272. The molecular formula is C15H16N6O3S2. The lowest BCUT2D eigenvalue weighted by Crippen LogP contribution is -2.16. The average Bonchev–Trinajstić information content (AvgIpc) is 3.13. The van der Waals surface area contributed by atoms with Gasteiger partial charge in [-0.1, -0.05) is 0 Å². The van der Waals surface area contributed by atoms with Crippen molar-refractivity contribution in [1.29, 1.82) is 0 Å². The molecule has 0 aliphatic heterocycles. The first-order valence-corrected chi connectivity index (χ1v) is 10.2. The van der Waals surface area contributed by atoms with E-state index in [2.05, 4.69) is 20.1 Å². The Morgan fingerprint density at radius 3 is 2.42 bits per heavy atom. The second-order valence-corrected chi connectivity index (χ2v) is 8.18. The number of nitrogen functional groups attached to an aromatic ring is 1. The standard InChI is InChI=1S/C15H16N6O3S2/c1-9-7-8-25-12(9)13(22)21-14(16)18-15(19-21)17-10-3-5-11(6-4-10)20-26(2,23)24/h3-8,20H,1-2H3,(H3,16,17,18,19). The van der Waals surface area contributed by atoms with E-state index in [1.54, 1.807) is 24.3 Å². The number of hydrogen-bond acceptors (Lipinski definition) is 8. The van der Waals surface area contributed by atoms with E-state index in [1.807, 2.05) is 18.4 Å². The largest absolute Gasteiger partial charge is 0.368 e. The second-order valence-electron chi connectivity index (χ2n) is 5.52. The van der Waals surface area contributed by atoms with Gasteiger partial charge in [0.25, 0.3) is 5.91 Å².